The summed E-state index contributed by atoms with van der Waals surface area (Å²) in [6.07, 6.45) is 20.6. The highest BCUT2D eigenvalue weighted by Crippen LogP contribution is 2.26. The fraction of sp³-hybridized carbons (Fsp3) is 1.00. The van der Waals surface area contributed by atoms with Gasteiger partial charge in [0.25, 0.3) is 0 Å². The van der Waals surface area contributed by atoms with E-state index in [1.165, 1.54) is 109 Å². The molecule has 3 unspecified atom stereocenters. The first-order chi connectivity index (χ1) is 14.5. The van der Waals surface area contributed by atoms with E-state index in [9.17, 15) is 0 Å². The Balaban J connectivity index is 2.62. The molecule has 0 bridgehead atoms. The summed E-state index contributed by atoms with van der Waals surface area (Å²) in [6, 6.07) is 1.26. The molecule has 1 saturated heterocycles. The first-order valence-electron chi connectivity index (χ1n) is 13.8. The highest BCUT2D eigenvalue weighted by molar-refractivity contribution is 4.81. The van der Waals surface area contributed by atoms with Gasteiger partial charge >= 0.3 is 0 Å². The summed E-state index contributed by atoms with van der Waals surface area (Å²) in [5.74, 6) is 1.62. The zero-order valence-corrected chi connectivity index (χ0v) is 21.7. The Hall–Kier alpha value is -0.120. The average molecular weight is 424 g/mol. The van der Waals surface area contributed by atoms with Crippen LogP contribution < -0.4 is 5.53 Å². The van der Waals surface area contributed by atoms with Gasteiger partial charge in [-0.2, -0.15) is 5.53 Å². The fourth-order valence-corrected chi connectivity index (χ4v) is 4.90. The van der Waals surface area contributed by atoms with Crippen LogP contribution in [-0.2, 0) is 0 Å². The van der Waals surface area contributed by atoms with Gasteiger partial charge in [0.2, 0.25) is 0 Å². The summed E-state index contributed by atoms with van der Waals surface area (Å²) in [7, 11) is 0. The molecular formula is C27H57N3. The number of rotatable bonds is 18. The molecule has 1 N–H and O–H groups in total. The van der Waals surface area contributed by atoms with Gasteiger partial charge in [-0.15, -0.1) is 0 Å². The van der Waals surface area contributed by atoms with Crippen molar-refractivity contribution in [3.63, 3.8) is 0 Å². The normalized spacial score (nSPS) is 21.6. The van der Waals surface area contributed by atoms with Crippen LogP contribution in [0.1, 0.15) is 138 Å². The van der Waals surface area contributed by atoms with E-state index in [0.29, 0.717) is 12.1 Å². The van der Waals surface area contributed by atoms with Crippen molar-refractivity contribution in [3.05, 3.63) is 0 Å². The maximum Gasteiger partial charge on any atom is 0.0228 e. The quantitative estimate of drug-likeness (QED) is 0.225. The molecular weight excluding hydrogens is 366 g/mol. The second kappa shape index (κ2) is 17.4. The molecule has 1 fully saturated rings. The molecule has 1 rings (SSSR count). The van der Waals surface area contributed by atoms with Crippen molar-refractivity contribution < 1.29 is 0 Å². The van der Waals surface area contributed by atoms with Crippen LogP contribution in [0.25, 0.3) is 0 Å². The summed E-state index contributed by atoms with van der Waals surface area (Å²) in [4.78, 5) is 0. The van der Waals surface area contributed by atoms with Crippen LogP contribution >= 0.6 is 0 Å². The molecule has 30 heavy (non-hydrogen) atoms. The number of nitrogens with one attached hydrogen (secondary N) is 1. The van der Waals surface area contributed by atoms with Gasteiger partial charge in [-0.05, 0) is 38.5 Å². The minimum atomic E-state index is 0.631. The van der Waals surface area contributed by atoms with E-state index in [-0.39, 0.29) is 0 Å². The van der Waals surface area contributed by atoms with Gasteiger partial charge in [0.05, 0.1) is 0 Å². The number of hydrogen-bond acceptors (Lipinski definition) is 3. The lowest BCUT2D eigenvalue weighted by atomic mass is 9.87. The van der Waals surface area contributed by atoms with Gasteiger partial charge in [-0.3, -0.25) is 0 Å². The summed E-state index contributed by atoms with van der Waals surface area (Å²) in [6.45, 7) is 16.8. The second-order valence-corrected chi connectivity index (χ2v) is 10.4. The Labute approximate surface area is 190 Å². The smallest absolute Gasteiger partial charge is 0.0228 e. The Morgan fingerprint density at radius 3 is 1.40 bits per heavy atom. The highest BCUT2D eigenvalue weighted by Gasteiger charge is 2.32. The first kappa shape index (κ1) is 27.9. The molecule has 1 heterocycles. The van der Waals surface area contributed by atoms with E-state index in [4.69, 9.17) is 0 Å². The Morgan fingerprint density at radius 1 is 0.600 bits per heavy atom. The average Bonchev–Trinajstić information content (AvgIpc) is 2.76. The molecule has 1 aliphatic rings. The molecule has 0 saturated carbocycles. The molecule has 0 aromatic rings. The van der Waals surface area contributed by atoms with Crippen molar-refractivity contribution in [3.8, 4) is 0 Å². The van der Waals surface area contributed by atoms with Crippen molar-refractivity contribution in [1.82, 2.24) is 15.6 Å². The largest absolute Gasteiger partial charge is 0.228 e. The minimum absolute atomic E-state index is 0.631. The molecule has 0 aromatic carbocycles. The third-order valence-corrected chi connectivity index (χ3v) is 7.45. The van der Waals surface area contributed by atoms with Crippen molar-refractivity contribution in [2.24, 2.45) is 11.8 Å². The van der Waals surface area contributed by atoms with E-state index >= 15 is 0 Å². The van der Waals surface area contributed by atoms with Crippen LogP contribution in [0.5, 0.6) is 0 Å². The lowest BCUT2D eigenvalue weighted by Gasteiger charge is -2.47. The van der Waals surface area contributed by atoms with Crippen LogP contribution in [0.3, 0.4) is 0 Å². The summed E-state index contributed by atoms with van der Waals surface area (Å²) in [5.41, 5.74) is 3.86. The zero-order valence-electron chi connectivity index (χ0n) is 21.7. The second-order valence-electron chi connectivity index (χ2n) is 10.4. The lowest BCUT2D eigenvalue weighted by Crippen LogP contribution is -2.64. The predicted octanol–water partition coefficient (Wildman–Crippen LogP) is 7.96. The molecule has 0 spiro atoms. The van der Waals surface area contributed by atoms with Crippen LogP contribution in [-0.4, -0.2) is 35.2 Å². The molecule has 3 atom stereocenters. The third-order valence-electron chi connectivity index (χ3n) is 7.45. The minimum Gasteiger partial charge on any atom is -0.228 e. The van der Waals surface area contributed by atoms with Crippen LogP contribution in [0.2, 0.25) is 0 Å². The molecule has 3 heteroatoms. The topological polar surface area (TPSA) is 18.5 Å². The van der Waals surface area contributed by atoms with Gasteiger partial charge in [0.1, 0.15) is 0 Å². The monoisotopic (exact) mass is 423 g/mol. The van der Waals surface area contributed by atoms with Gasteiger partial charge in [-0.25, -0.2) is 10.0 Å². The van der Waals surface area contributed by atoms with Gasteiger partial charge in [0.15, 0.2) is 0 Å². The summed E-state index contributed by atoms with van der Waals surface area (Å²) < 4.78 is 0. The van der Waals surface area contributed by atoms with Crippen molar-refractivity contribution in [2.75, 3.05) is 13.1 Å². The maximum atomic E-state index is 3.86. The lowest BCUT2D eigenvalue weighted by molar-refractivity contribution is -0.0967. The van der Waals surface area contributed by atoms with E-state index in [0.717, 1.165) is 11.8 Å². The fourth-order valence-electron chi connectivity index (χ4n) is 4.90. The van der Waals surface area contributed by atoms with Gasteiger partial charge in [0, 0.05) is 25.2 Å². The predicted molar refractivity (Wildman–Crippen MR) is 134 cm³/mol. The SMILES string of the molecule is CCCCCCC(C)C1CN(C(C)CCCCCC)NN(C(C)CCCCCC)C1. The van der Waals surface area contributed by atoms with E-state index in [1.54, 1.807) is 0 Å². The van der Waals surface area contributed by atoms with Crippen molar-refractivity contribution >= 4 is 0 Å². The van der Waals surface area contributed by atoms with E-state index in [1.807, 2.05) is 0 Å². The molecule has 0 aliphatic carbocycles. The van der Waals surface area contributed by atoms with Crippen LogP contribution in [0, 0.1) is 11.8 Å². The Morgan fingerprint density at radius 2 is 1.00 bits per heavy atom. The molecule has 1 aliphatic heterocycles. The molecule has 0 amide bonds. The third kappa shape index (κ3) is 11.5. The molecule has 0 aromatic heterocycles. The maximum absolute atomic E-state index is 3.86. The Bertz CT molecular complexity index is 323. The molecule has 180 valence electrons. The zero-order chi connectivity index (χ0) is 22.2. The van der Waals surface area contributed by atoms with Crippen molar-refractivity contribution in [1.29, 1.82) is 0 Å². The number of hydrazine groups is 2. The van der Waals surface area contributed by atoms with Crippen molar-refractivity contribution in [2.45, 2.75) is 150 Å². The van der Waals surface area contributed by atoms with Gasteiger partial charge < -0.3 is 0 Å². The van der Waals surface area contributed by atoms with Gasteiger partial charge in [-0.1, -0.05) is 111 Å². The highest BCUT2D eigenvalue weighted by atomic mass is 15.8. The van der Waals surface area contributed by atoms with E-state index < -0.39 is 0 Å². The standard InChI is InChI=1S/C27H57N3/c1-7-10-13-16-19-24(4)27-22-29(25(5)20-17-14-11-8-2)28-30(23-27)26(6)21-18-15-12-9-3/h24-28H,7-23H2,1-6H3. The summed E-state index contributed by atoms with van der Waals surface area (Å²) in [5, 5.41) is 5.20. The summed E-state index contributed by atoms with van der Waals surface area (Å²) >= 11 is 0. The number of unbranched alkanes of at least 4 members (excludes halogenated alkanes) is 9. The molecule has 0 radical (unpaired) electrons. The first-order valence-corrected chi connectivity index (χ1v) is 13.8. The number of nitrogens with zero attached hydrogens (tertiary/aromatic N) is 2. The van der Waals surface area contributed by atoms with E-state index in [2.05, 4.69) is 57.1 Å². The Kier molecular flexibility index (Phi) is 16.2. The van der Waals surface area contributed by atoms with Crippen LogP contribution in [0.4, 0.5) is 0 Å². The van der Waals surface area contributed by atoms with Crippen LogP contribution in [0.15, 0.2) is 0 Å². The number of hydrogen-bond donors (Lipinski definition) is 1. The molecule has 3 nitrogen and oxygen atoms in total.